The van der Waals surface area contributed by atoms with Gasteiger partial charge in [-0.1, -0.05) is 0 Å². The fourth-order valence-corrected chi connectivity index (χ4v) is 1.93. The van der Waals surface area contributed by atoms with Crippen LogP contribution in [-0.4, -0.2) is 34.5 Å². The largest absolute Gasteiger partial charge is 0.493 e. The Morgan fingerprint density at radius 3 is 2.05 bits per heavy atom. The summed E-state index contributed by atoms with van der Waals surface area (Å²) in [7, 11) is 4.80. The molecule has 0 aromatic heterocycles. The average Bonchev–Trinajstić information content (AvgIpc) is 2.49. The standard InChI is InChI=1S/C15H25NO4/c1-17-13-9-12(10-14(18-2)15(13)19-3)11-20-8-6-4-5-7-16/h9-10H,4-8,11,16H2,1-3H3. The number of unbranched alkanes of at least 4 members (excludes halogenated alkanes) is 2. The second-order valence-corrected chi connectivity index (χ2v) is 4.44. The zero-order valence-corrected chi connectivity index (χ0v) is 12.6. The minimum atomic E-state index is 0.527. The van der Waals surface area contributed by atoms with Gasteiger partial charge in [-0.25, -0.2) is 0 Å². The molecule has 1 aromatic carbocycles. The van der Waals surface area contributed by atoms with E-state index < -0.39 is 0 Å². The molecule has 5 heteroatoms. The van der Waals surface area contributed by atoms with Gasteiger partial charge in [0.05, 0.1) is 27.9 Å². The molecule has 0 unspecified atom stereocenters. The number of methoxy groups -OCH3 is 3. The lowest BCUT2D eigenvalue weighted by molar-refractivity contribution is 0.116. The van der Waals surface area contributed by atoms with Crippen molar-refractivity contribution in [1.29, 1.82) is 0 Å². The van der Waals surface area contributed by atoms with Gasteiger partial charge < -0.3 is 24.7 Å². The normalized spacial score (nSPS) is 10.4. The topological polar surface area (TPSA) is 62.9 Å². The summed E-state index contributed by atoms with van der Waals surface area (Å²) < 4.78 is 21.5. The molecular formula is C15H25NO4. The summed E-state index contributed by atoms with van der Waals surface area (Å²) in [4.78, 5) is 0. The number of hydrogen-bond donors (Lipinski definition) is 1. The third-order valence-corrected chi connectivity index (χ3v) is 2.99. The minimum absolute atomic E-state index is 0.527. The molecule has 0 aliphatic heterocycles. The molecule has 0 bridgehead atoms. The van der Waals surface area contributed by atoms with Crippen molar-refractivity contribution in [2.45, 2.75) is 25.9 Å². The van der Waals surface area contributed by atoms with Gasteiger partial charge >= 0.3 is 0 Å². The Labute approximate surface area is 121 Å². The van der Waals surface area contributed by atoms with Crippen molar-refractivity contribution in [1.82, 2.24) is 0 Å². The summed E-state index contributed by atoms with van der Waals surface area (Å²) in [5, 5.41) is 0. The molecule has 0 fully saturated rings. The van der Waals surface area contributed by atoms with Crippen molar-refractivity contribution < 1.29 is 18.9 Å². The van der Waals surface area contributed by atoms with Crippen LogP contribution in [-0.2, 0) is 11.3 Å². The fourth-order valence-electron chi connectivity index (χ4n) is 1.93. The molecule has 0 aliphatic rings. The summed E-state index contributed by atoms with van der Waals surface area (Å²) >= 11 is 0. The molecule has 0 saturated carbocycles. The second-order valence-electron chi connectivity index (χ2n) is 4.44. The van der Waals surface area contributed by atoms with Gasteiger partial charge in [0, 0.05) is 6.61 Å². The monoisotopic (exact) mass is 283 g/mol. The van der Waals surface area contributed by atoms with E-state index in [2.05, 4.69) is 0 Å². The smallest absolute Gasteiger partial charge is 0.203 e. The molecule has 0 atom stereocenters. The van der Waals surface area contributed by atoms with E-state index in [0.29, 0.717) is 23.9 Å². The van der Waals surface area contributed by atoms with E-state index in [1.807, 2.05) is 12.1 Å². The first-order valence-electron chi connectivity index (χ1n) is 6.83. The third kappa shape index (κ3) is 4.90. The molecule has 0 heterocycles. The summed E-state index contributed by atoms with van der Waals surface area (Å²) in [5.74, 6) is 1.89. The summed E-state index contributed by atoms with van der Waals surface area (Å²) in [6.45, 7) is 2.00. The summed E-state index contributed by atoms with van der Waals surface area (Å²) in [5.41, 5.74) is 6.44. The molecular weight excluding hydrogens is 258 g/mol. The number of nitrogens with two attached hydrogens (primary N) is 1. The first-order valence-corrected chi connectivity index (χ1v) is 6.83. The van der Waals surface area contributed by atoms with Gasteiger partial charge in [0.25, 0.3) is 0 Å². The number of ether oxygens (including phenoxy) is 4. The van der Waals surface area contributed by atoms with E-state index in [1.165, 1.54) is 0 Å². The zero-order chi connectivity index (χ0) is 14.8. The highest BCUT2D eigenvalue weighted by atomic mass is 16.5. The lowest BCUT2D eigenvalue weighted by Crippen LogP contribution is -2.01. The van der Waals surface area contributed by atoms with E-state index >= 15 is 0 Å². The molecule has 20 heavy (non-hydrogen) atoms. The van der Waals surface area contributed by atoms with Gasteiger partial charge in [0.1, 0.15) is 0 Å². The van der Waals surface area contributed by atoms with Crippen molar-refractivity contribution in [3.63, 3.8) is 0 Å². The SMILES string of the molecule is COc1cc(COCCCCCN)cc(OC)c1OC. The Bertz CT molecular complexity index is 370. The lowest BCUT2D eigenvalue weighted by Gasteiger charge is -2.14. The predicted octanol–water partition coefficient (Wildman–Crippen LogP) is 2.36. The molecule has 1 rings (SSSR count). The highest BCUT2D eigenvalue weighted by Gasteiger charge is 2.12. The van der Waals surface area contributed by atoms with Crippen LogP contribution in [0.15, 0.2) is 12.1 Å². The molecule has 0 spiro atoms. The Morgan fingerprint density at radius 1 is 0.900 bits per heavy atom. The first-order chi connectivity index (χ1) is 9.76. The average molecular weight is 283 g/mol. The molecule has 0 radical (unpaired) electrons. The highest BCUT2D eigenvalue weighted by Crippen LogP contribution is 2.38. The van der Waals surface area contributed by atoms with Gasteiger partial charge in [0.15, 0.2) is 11.5 Å². The second kappa shape index (κ2) is 9.44. The van der Waals surface area contributed by atoms with Crippen molar-refractivity contribution in [3.05, 3.63) is 17.7 Å². The third-order valence-electron chi connectivity index (χ3n) is 2.99. The van der Waals surface area contributed by atoms with Crippen molar-refractivity contribution in [3.8, 4) is 17.2 Å². The van der Waals surface area contributed by atoms with Gasteiger partial charge in [-0.2, -0.15) is 0 Å². The molecule has 0 saturated heterocycles. The molecule has 0 aliphatic carbocycles. The molecule has 0 amide bonds. The Balaban J connectivity index is 2.57. The van der Waals surface area contributed by atoms with E-state index in [0.717, 1.165) is 38.0 Å². The maximum Gasteiger partial charge on any atom is 0.203 e. The lowest BCUT2D eigenvalue weighted by atomic mass is 10.2. The molecule has 1 aromatic rings. The van der Waals surface area contributed by atoms with Crippen LogP contribution in [0.1, 0.15) is 24.8 Å². The molecule has 2 N–H and O–H groups in total. The Hall–Kier alpha value is -1.46. The number of hydrogen-bond acceptors (Lipinski definition) is 5. The molecule has 114 valence electrons. The van der Waals surface area contributed by atoms with Crippen LogP contribution < -0.4 is 19.9 Å². The van der Waals surface area contributed by atoms with E-state index in [4.69, 9.17) is 24.7 Å². The summed E-state index contributed by atoms with van der Waals surface area (Å²) in [6.07, 6.45) is 3.18. The van der Waals surface area contributed by atoms with Crippen LogP contribution in [0.3, 0.4) is 0 Å². The summed E-state index contributed by atoms with van der Waals surface area (Å²) in [6, 6.07) is 3.81. The minimum Gasteiger partial charge on any atom is -0.493 e. The maximum atomic E-state index is 5.65. The maximum absolute atomic E-state index is 5.65. The van der Waals surface area contributed by atoms with Crippen LogP contribution in [0.4, 0.5) is 0 Å². The highest BCUT2D eigenvalue weighted by molar-refractivity contribution is 5.53. The van der Waals surface area contributed by atoms with Crippen LogP contribution in [0.5, 0.6) is 17.2 Å². The van der Waals surface area contributed by atoms with E-state index in [1.54, 1.807) is 21.3 Å². The first kappa shape index (κ1) is 16.6. The van der Waals surface area contributed by atoms with Crippen LogP contribution in [0.2, 0.25) is 0 Å². The van der Waals surface area contributed by atoms with E-state index in [9.17, 15) is 0 Å². The van der Waals surface area contributed by atoms with Crippen LogP contribution in [0.25, 0.3) is 0 Å². The predicted molar refractivity (Wildman–Crippen MR) is 78.7 cm³/mol. The van der Waals surface area contributed by atoms with Crippen molar-refractivity contribution in [2.75, 3.05) is 34.5 Å². The van der Waals surface area contributed by atoms with Crippen LogP contribution in [0, 0.1) is 0 Å². The molecule has 5 nitrogen and oxygen atoms in total. The van der Waals surface area contributed by atoms with Crippen molar-refractivity contribution >= 4 is 0 Å². The quantitative estimate of drug-likeness (QED) is 0.668. The Morgan fingerprint density at radius 2 is 1.55 bits per heavy atom. The van der Waals surface area contributed by atoms with Crippen LogP contribution >= 0.6 is 0 Å². The van der Waals surface area contributed by atoms with Gasteiger partial charge in [-0.15, -0.1) is 0 Å². The number of benzene rings is 1. The van der Waals surface area contributed by atoms with Gasteiger partial charge in [-0.3, -0.25) is 0 Å². The Kier molecular flexibility index (Phi) is 7.84. The fraction of sp³-hybridized carbons (Fsp3) is 0.600. The van der Waals surface area contributed by atoms with Gasteiger partial charge in [0.2, 0.25) is 5.75 Å². The van der Waals surface area contributed by atoms with E-state index in [-0.39, 0.29) is 0 Å². The number of rotatable bonds is 10. The zero-order valence-electron chi connectivity index (χ0n) is 12.6. The van der Waals surface area contributed by atoms with Gasteiger partial charge in [-0.05, 0) is 43.5 Å². The van der Waals surface area contributed by atoms with Crippen molar-refractivity contribution in [2.24, 2.45) is 5.73 Å².